The van der Waals surface area contributed by atoms with Gasteiger partial charge in [0.05, 0.1) is 11.4 Å². The summed E-state index contributed by atoms with van der Waals surface area (Å²) >= 11 is 0. The number of hydrogen-bond donors (Lipinski definition) is 3. The van der Waals surface area contributed by atoms with Gasteiger partial charge in [-0.1, -0.05) is 6.07 Å². The number of benzene rings is 1. The molecule has 5 heterocycles. The van der Waals surface area contributed by atoms with Crippen LogP contribution >= 0.6 is 0 Å². The Kier molecular flexibility index (Phi) is 5.93. The van der Waals surface area contributed by atoms with Crippen molar-refractivity contribution in [2.45, 2.75) is 13.8 Å². The number of ether oxygens (including phenoxy) is 1. The fraction of sp³-hybridized carbons (Fsp3) is 0.259. The largest absolute Gasteiger partial charge is 0.424 e. The predicted octanol–water partition coefficient (Wildman–Crippen LogP) is 4.65. The van der Waals surface area contributed by atoms with Gasteiger partial charge in [-0.25, -0.2) is 0 Å². The number of anilines is 3. The summed E-state index contributed by atoms with van der Waals surface area (Å²) in [5.74, 6) is 2.78. The van der Waals surface area contributed by atoms with Crippen molar-refractivity contribution in [2.75, 3.05) is 43.4 Å². The van der Waals surface area contributed by atoms with E-state index >= 15 is 0 Å². The van der Waals surface area contributed by atoms with Crippen LogP contribution in [-0.2, 0) is 0 Å². The van der Waals surface area contributed by atoms with Gasteiger partial charge in [0.2, 0.25) is 0 Å². The van der Waals surface area contributed by atoms with E-state index in [1.807, 2.05) is 42.5 Å². The number of hydrogen-bond acceptors (Lipinski definition) is 8. The van der Waals surface area contributed by atoms with E-state index in [1.54, 1.807) is 6.20 Å². The number of nitrogens with one attached hydrogen (secondary N) is 3. The zero-order valence-electron chi connectivity index (χ0n) is 21.1. The van der Waals surface area contributed by atoms with Crippen molar-refractivity contribution in [3.8, 4) is 23.1 Å². The molecule has 37 heavy (non-hydrogen) atoms. The molecule has 4 aromatic heterocycles. The monoisotopic (exact) mass is 495 g/mol. The summed E-state index contributed by atoms with van der Waals surface area (Å²) in [6.45, 7) is 7.81. The van der Waals surface area contributed by atoms with Crippen LogP contribution in [0.25, 0.3) is 22.3 Å². The van der Waals surface area contributed by atoms with Crippen LogP contribution < -0.4 is 15.0 Å². The fourth-order valence-electron chi connectivity index (χ4n) is 4.57. The number of H-pyrrole nitrogens is 2. The van der Waals surface area contributed by atoms with E-state index in [1.165, 1.54) is 0 Å². The van der Waals surface area contributed by atoms with E-state index in [2.05, 4.69) is 67.2 Å². The number of likely N-dealkylation sites (N-methyl/N-ethyl adjacent to an activating group) is 1. The molecule has 0 saturated carbocycles. The Morgan fingerprint density at radius 3 is 2.62 bits per heavy atom. The van der Waals surface area contributed by atoms with Crippen molar-refractivity contribution in [3.05, 3.63) is 66.0 Å². The smallest absolute Gasteiger partial charge is 0.325 e. The van der Waals surface area contributed by atoms with Gasteiger partial charge in [0.15, 0.2) is 5.82 Å². The molecule has 0 radical (unpaired) electrons. The van der Waals surface area contributed by atoms with Crippen LogP contribution in [0.3, 0.4) is 0 Å². The number of aromatic nitrogens is 6. The van der Waals surface area contributed by atoms with Crippen molar-refractivity contribution in [3.63, 3.8) is 0 Å². The van der Waals surface area contributed by atoms with Crippen molar-refractivity contribution in [1.29, 1.82) is 0 Å². The molecule has 1 aromatic carbocycles. The first-order valence-electron chi connectivity index (χ1n) is 12.3. The van der Waals surface area contributed by atoms with Gasteiger partial charge in [0.1, 0.15) is 17.4 Å². The van der Waals surface area contributed by atoms with Gasteiger partial charge in [0, 0.05) is 66.7 Å². The molecule has 0 spiro atoms. The van der Waals surface area contributed by atoms with Crippen LogP contribution in [0, 0.1) is 13.8 Å². The van der Waals surface area contributed by atoms with Gasteiger partial charge in [-0.2, -0.15) is 15.1 Å². The third-order valence-electron chi connectivity index (χ3n) is 6.65. The highest BCUT2D eigenvalue weighted by atomic mass is 16.5. The lowest BCUT2D eigenvalue weighted by molar-refractivity contribution is 0.311. The highest BCUT2D eigenvalue weighted by molar-refractivity contribution is 5.86. The Hall–Kier alpha value is -4.44. The Morgan fingerprint density at radius 1 is 0.946 bits per heavy atom. The SMILES string of the molecule is Cc1cc2c(C)c(Oc3nc(Nc4cc(-c5ccccn5)[nH]n4)cc(N4CCN(C)CC4)n3)ccc2[nH]1. The highest BCUT2D eigenvalue weighted by Gasteiger charge is 2.19. The second-order valence-electron chi connectivity index (χ2n) is 9.40. The summed E-state index contributed by atoms with van der Waals surface area (Å²) < 4.78 is 6.28. The highest BCUT2D eigenvalue weighted by Crippen LogP contribution is 2.32. The lowest BCUT2D eigenvalue weighted by Gasteiger charge is -2.33. The van der Waals surface area contributed by atoms with Crippen LogP contribution in [0.5, 0.6) is 11.8 Å². The maximum absolute atomic E-state index is 6.28. The van der Waals surface area contributed by atoms with E-state index in [4.69, 9.17) is 9.72 Å². The van der Waals surface area contributed by atoms with Gasteiger partial charge in [-0.3, -0.25) is 10.1 Å². The molecule has 1 saturated heterocycles. The first-order valence-corrected chi connectivity index (χ1v) is 12.3. The Balaban J connectivity index is 1.32. The second kappa shape index (κ2) is 9.55. The minimum Gasteiger partial charge on any atom is -0.424 e. The van der Waals surface area contributed by atoms with Crippen LogP contribution in [0.2, 0.25) is 0 Å². The van der Waals surface area contributed by atoms with Crippen LogP contribution in [-0.4, -0.2) is 68.3 Å². The summed E-state index contributed by atoms with van der Waals surface area (Å²) in [6, 6.07) is 16.0. The summed E-state index contributed by atoms with van der Waals surface area (Å²) in [6.07, 6.45) is 1.76. The fourth-order valence-corrected chi connectivity index (χ4v) is 4.57. The predicted molar refractivity (Wildman–Crippen MR) is 145 cm³/mol. The van der Waals surface area contributed by atoms with E-state index in [9.17, 15) is 0 Å². The summed E-state index contributed by atoms with van der Waals surface area (Å²) in [7, 11) is 2.14. The molecule has 6 rings (SSSR count). The topological polar surface area (TPSA) is 111 Å². The van der Waals surface area contributed by atoms with E-state index in [0.717, 1.165) is 71.3 Å². The third kappa shape index (κ3) is 4.83. The number of pyridine rings is 1. The summed E-state index contributed by atoms with van der Waals surface area (Å²) in [5, 5.41) is 11.9. The quantitative estimate of drug-likeness (QED) is 0.312. The van der Waals surface area contributed by atoms with E-state index < -0.39 is 0 Å². The molecule has 1 aliphatic rings. The molecule has 1 fully saturated rings. The lowest BCUT2D eigenvalue weighted by atomic mass is 10.1. The zero-order valence-corrected chi connectivity index (χ0v) is 21.1. The van der Waals surface area contributed by atoms with Gasteiger partial charge in [-0.15, -0.1) is 0 Å². The molecule has 1 aliphatic heterocycles. The number of nitrogens with zero attached hydrogens (tertiary/aromatic N) is 6. The third-order valence-corrected chi connectivity index (χ3v) is 6.65. The molecule has 188 valence electrons. The van der Waals surface area contributed by atoms with Crippen LogP contribution in [0.15, 0.2) is 54.7 Å². The number of piperazine rings is 1. The average Bonchev–Trinajstić information content (AvgIpc) is 3.53. The number of aryl methyl sites for hydroxylation is 2. The maximum atomic E-state index is 6.28. The van der Waals surface area contributed by atoms with Crippen LogP contribution in [0.4, 0.5) is 17.5 Å². The summed E-state index contributed by atoms with van der Waals surface area (Å²) in [5.41, 5.74) is 4.87. The molecule has 10 nitrogen and oxygen atoms in total. The normalized spacial score (nSPS) is 14.3. The van der Waals surface area contributed by atoms with Crippen LogP contribution in [0.1, 0.15) is 11.3 Å². The van der Waals surface area contributed by atoms with E-state index in [-0.39, 0.29) is 6.01 Å². The van der Waals surface area contributed by atoms with Crippen molar-refractivity contribution in [1.82, 2.24) is 35.0 Å². The van der Waals surface area contributed by atoms with Crippen molar-refractivity contribution in [2.24, 2.45) is 0 Å². The molecule has 0 unspecified atom stereocenters. The van der Waals surface area contributed by atoms with Gasteiger partial charge >= 0.3 is 6.01 Å². The maximum Gasteiger partial charge on any atom is 0.325 e. The van der Waals surface area contributed by atoms with E-state index in [0.29, 0.717) is 11.6 Å². The number of rotatable bonds is 6. The molecule has 10 heteroatoms. The van der Waals surface area contributed by atoms with Gasteiger partial charge in [0.25, 0.3) is 0 Å². The molecule has 5 aromatic rings. The first-order chi connectivity index (χ1) is 18.0. The summed E-state index contributed by atoms with van der Waals surface area (Å²) in [4.78, 5) is 21.8. The van der Waals surface area contributed by atoms with Gasteiger partial charge in [-0.05, 0) is 51.2 Å². The molecule has 0 bridgehead atoms. The average molecular weight is 496 g/mol. The Labute approximate surface area is 214 Å². The molecule has 3 N–H and O–H groups in total. The Bertz CT molecular complexity index is 1530. The second-order valence-corrected chi connectivity index (χ2v) is 9.40. The minimum atomic E-state index is 0.286. The Morgan fingerprint density at radius 2 is 1.81 bits per heavy atom. The van der Waals surface area contributed by atoms with Gasteiger partial charge < -0.3 is 24.8 Å². The molecular weight excluding hydrogens is 466 g/mol. The number of aromatic amines is 2. The minimum absolute atomic E-state index is 0.286. The van der Waals surface area contributed by atoms with Crippen molar-refractivity contribution < 1.29 is 4.74 Å². The van der Waals surface area contributed by atoms with Crippen molar-refractivity contribution >= 4 is 28.4 Å². The standard InChI is InChI=1S/C27H29N9O/c1-17-14-19-18(2)23(8-7-20(19)29-17)37-27-31-24(16-26(32-27)36-12-10-35(3)11-13-36)30-25-15-22(33-34-25)21-6-4-5-9-28-21/h4-9,14-16,29H,10-13H2,1-3H3,(H2,30,31,32,33,34). The molecular formula is C27H29N9O. The molecule has 0 aliphatic carbocycles. The zero-order chi connectivity index (χ0) is 25.4. The molecule has 0 atom stereocenters. The lowest BCUT2D eigenvalue weighted by Crippen LogP contribution is -2.44. The first kappa shape index (κ1) is 23.0. The molecule has 0 amide bonds. The number of fused-ring (bicyclic) bond motifs is 1.